The Bertz CT molecular complexity index is 728. The summed E-state index contributed by atoms with van der Waals surface area (Å²) in [5, 5.41) is 5.42. The number of piperazine rings is 1. The van der Waals surface area contributed by atoms with Crippen LogP contribution in [-0.2, 0) is 0 Å². The lowest BCUT2D eigenvalue weighted by atomic mass is 10.2. The zero-order chi connectivity index (χ0) is 18.6. The smallest absolute Gasteiger partial charge is 0.350 e. The first-order valence-corrected chi connectivity index (χ1v) is 8.19. The third kappa shape index (κ3) is 4.38. The van der Waals surface area contributed by atoms with E-state index in [0.29, 0.717) is 32.0 Å². The van der Waals surface area contributed by atoms with E-state index in [2.05, 4.69) is 20.6 Å². The summed E-state index contributed by atoms with van der Waals surface area (Å²) in [4.78, 5) is 21.7. The summed E-state index contributed by atoms with van der Waals surface area (Å²) < 4.78 is 41.7. The lowest BCUT2D eigenvalue weighted by Gasteiger charge is -2.35. The molecule has 0 aliphatic carbocycles. The summed E-state index contributed by atoms with van der Waals surface area (Å²) in [6.07, 6.45) is 1.77. The molecule has 0 aromatic carbocycles. The van der Waals surface area contributed by atoms with Crippen LogP contribution in [-0.4, -0.2) is 70.3 Å². The number of aromatic nitrogens is 3. The number of carbonyl (C=O) groups is 1. The lowest BCUT2D eigenvalue weighted by molar-refractivity contribution is -0.183. The number of hydrogen-bond donors (Lipinski definition) is 2. The van der Waals surface area contributed by atoms with Crippen LogP contribution < -0.4 is 10.6 Å². The Morgan fingerprint density at radius 2 is 2.08 bits per heavy atom. The molecule has 0 radical (unpaired) electrons. The molecule has 0 saturated carbocycles. The summed E-state index contributed by atoms with van der Waals surface area (Å²) in [5.41, 5.74) is 0.241. The van der Waals surface area contributed by atoms with Gasteiger partial charge in [0.05, 0.1) is 0 Å². The van der Waals surface area contributed by atoms with Crippen LogP contribution in [0.3, 0.4) is 0 Å². The zero-order valence-electron chi connectivity index (χ0n) is 13.9. The molecular formula is C16H19F3N6O. The minimum absolute atomic E-state index is 0.241. The molecule has 0 spiro atoms. The normalized spacial score (nSPS) is 17.0. The molecule has 1 fully saturated rings. The van der Waals surface area contributed by atoms with Gasteiger partial charge in [-0.05, 0) is 12.1 Å². The lowest BCUT2D eigenvalue weighted by Crippen LogP contribution is -2.57. The average Bonchev–Trinajstić information content (AvgIpc) is 3.16. The molecule has 26 heavy (non-hydrogen) atoms. The van der Waals surface area contributed by atoms with Crippen molar-refractivity contribution in [3.05, 3.63) is 42.6 Å². The van der Waals surface area contributed by atoms with Crippen molar-refractivity contribution in [1.82, 2.24) is 30.1 Å². The van der Waals surface area contributed by atoms with Crippen LogP contribution in [0.15, 0.2) is 37.1 Å². The van der Waals surface area contributed by atoms with Crippen LogP contribution in [0.5, 0.6) is 0 Å². The quantitative estimate of drug-likeness (QED) is 0.818. The number of pyridine rings is 1. The molecule has 2 N–H and O–H groups in total. The van der Waals surface area contributed by atoms with E-state index in [9.17, 15) is 18.0 Å². The maximum atomic E-state index is 13.4. The molecule has 3 heterocycles. The van der Waals surface area contributed by atoms with Gasteiger partial charge in [0, 0.05) is 56.9 Å². The van der Waals surface area contributed by atoms with E-state index >= 15 is 0 Å². The molecule has 1 unspecified atom stereocenters. The molecule has 140 valence electrons. The first-order chi connectivity index (χ1) is 12.4. The molecule has 2 aromatic heterocycles. The Morgan fingerprint density at radius 3 is 2.73 bits per heavy atom. The predicted molar refractivity (Wildman–Crippen MR) is 88.0 cm³/mol. The fourth-order valence-electron chi connectivity index (χ4n) is 2.83. The summed E-state index contributed by atoms with van der Waals surface area (Å²) in [6, 6.07) is 1.26. The Hall–Kier alpha value is -2.46. The van der Waals surface area contributed by atoms with E-state index in [1.165, 1.54) is 29.6 Å². The molecule has 1 aliphatic rings. The summed E-state index contributed by atoms with van der Waals surface area (Å²) in [5.74, 6) is -0.109. The third-order valence-electron chi connectivity index (χ3n) is 4.20. The standard InChI is InChI=1S/C16H19F3N6O/c17-16(18,19)13(24-6-3-20-4-7-24)10-23-15(26)12-1-2-22-14(9-12)25-8-5-21-11-25/h1-2,5,8-9,11,13,20H,3-4,6-7,10H2,(H,23,26). The fraction of sp³-hybridized carbons (Fsp3) is 0.438. The van der Waals surface area contributed by atoms with E-state index in [0.717, 1.165) is 0 Å². The Kier molecular flexibility index (Phi) is 5.52. The fourth-order valence-corrected chi connectivity index (χ4v) is 2.83. The highest BCUT2D eigenvalue weighted by atomic mass is 19.4. The molecule has 1 amide bonds. The molecule has 7 nitrogen and oxygen atoms in total. The van der Waals surface area contributed by atoms with Gasteiger partial charge in [-0.1, -0.05) is 0 Å². The largest absolute Gasteiger partial charge is 0.405 e. The summed E-state index contributed by atoms with van der Waals surface area (Å²) in [7, 11) is 0. The highest BCUT2D eigenvalue weighted by molar-refractivity contribution is 5.94. The molecule has 1 aliphatic heterocycles. The van der Waals surface area contributed by atoms with Crippen molar-refractivity contribution >= 4 is 5.91 Å². The molecule has 10 heteroatoms. The van der Waals surface area contributed by atoms with Gasteiger partial charge in [0.25, 0.3) is 5.91 Å². The van der Waals surface area contributed by atoms with Crippen molar-refractivity contribution in [3.8, 4) is 5.82 Å². The monoisotopic (exact) mass is 368 g/mol. The number of rotatable bonds is 5. The maximum Gasteiger partial charge on any atom is 0.405 e. The van der Waals surface area contributed by atoms with Crippen LogP contribution in [0.4, 0.5) is 13.2 Å². The minimum atomic E-state index is -4.41. The number of hydrogen-bond acceptors (Lipinski definition) is 5. The highest BCUT2D eigenvalue weighted by Crippen LogP contribution is 2.24. The van der Waals surface area contributed by atoms with Crippen molar-refractivity contribution in [2.75, 3.05) is 32.7 Å². The highest BCUT2D eigenvalue weighted by Gasteiger charge is 2.43. The van der Waals surface area contributed by atoms with Gasteiger partial charge in [0.1, 0.15) is 18.2 Å². The zero-order valence-corrected chi connectivity index (χ0v) is 13.9. The summed E-state index contributed by atoms with van der Waals surface area (Å²) >= 11 is 0. The van der Waals surface area contributed by atoms with Crippen molar-refractivity contribution in [1.29, 1.82) is 0 Å². The van der Waals surface area contributed by atoms with E-state index < -0.39 is 24.7 Å². The molecule has 1 saturated heterocycles. The molecule has 1 atom stereocenters. The van der Waals surface area contributed by atoms with Crippen molar-refractivity contribution in [3.63, 3.8) is 0 Å². The van der Waals surface area contributed by atoms with E-state index in [-0.39, 0.29) is 5.56 Å². The molecule has 2 aromatic rings. The van der Waals surface area contributed by atoms with Crippen LogP contribution in [0, 0.1) is 0 Å². The van der Waals surface area contributed by atoms with Crippen molar-refractivity contribution in [2.24, 2.45) is 0 Å². The van der Waals surface area contributed by atoms with Gasteiger partial charge in [-0.2, -0.15) is 13.2 Å². The van der Waals surface area contributed by atoms with Crippen LogP contribution in [0.25, 0.3) is 5.82 Å². The summed E-state index contributed by atoms with van der Waals surface area (Å²) in [6.45, 7) is 1.09. The third-order valence-corrected chi connectivity index (χ3v) is 4.20. The van der Waals surface area contributed by atoms with Gasteiger partial charge < -0.3 is 10.6 Å². The number of nitrogens with zero attached hydrogens (tertiary/aromatic N) is 4. The Morgan fingerprint density at radius 1 is 1.31 bits per heavy atom. The molecular weight excluding hydrogens is 349 g/mol. The van der Waals surface area contributed by atoms with Gasteiger partial charge in [-0.25, -0.2) is 9.97 Å². The SMILES string of the molecule is O=C(NCC(N1CCNCC1)C(F)(F)F)c1ccnc(-n2ccnc2)c1. The average molecular weight is 368 g/mol. The number of halogens is 3. The number of alkyl halides is 3. The van der Waals surface area contributed by atoms with Crippen LogP contribution in [0.2, 0.25) is 0 Å². The number of imidazole rings is 1. The number of amides is 1. The molecule has 3 rings (SSSR count). The van der Waals surface area contributed by atoms with E-state index in [1.54, 1.807) is 17.0 Å². The van der Waals surface area contributed by atoms with Gasteiger partial charge in [0.2, 0.25) is 0 Å². The van der Waals surface area contributed by atoms with E-state index in [4.69, 9.17) is 0 Å². The topological polar surface area (TPSA) is 75.1 Å². The van der Waals surface area contributed by atoms with Crippen molar-refractivity contribution < 1.29 is 18.0 Å². The van der Waals surface area contributed by atoms with Gasteiger partial charge in [-0.3, -0.25) is 14.3 Å². The maximum absolute atomic E-state index is 13.4. The second-order valence-corrected chi connectivity index (χ2v) is 5.93. The number of carbonyl (C=O) groups excluding carboxylic acids is 1. The predicted octanol–water partition coefficient (Wildman–Crippen LogP) is 0.833. The minimum Gasteiger partial charge on any atom is -0.350 e. The van der Waals surface area contributed by atoms with Crippen LogP contribution >= 0.6 is 0 Å². The van der Waals surface area contributed by atoms with Gasteiger partial charge in [-0.15, -0.1) is 0 Å². The molecule has 0 bridgehead atoms. The van der Waals surface area contributed by atoms with Gasteiger partial charge >= 0.3 is 6.18 Å². The second-order valence-electron chi connectivity index (χ2n) is 5.93. The number of nitrogens with one attached hydrogen (secondary N) is 2. The Labute approximate surface area is 148 Å². The first-order valence-electron chi connectivity index (χ1n) is 8.19. The van der Waals surface area contributed by atoms with E-state index in [1.807, 2.05) is 0 Å². The Balaban J connectivity index is 1.67. The van der Waals surface area contributed by atoms with Gasteiger partial charge in [0.15, 0.2) is 0 Å². The van der Waals surface area contributed by atoms with Crippen LogP contribution in [0.1, 0.15) is 10.4 Å². The second kappa shape index (κ2) is 7.83. The first kappa shape index (κ1) is 18.3. The van der Waals surface area contributed by atoms with Crippen molar-refractivity contribution in [2.45, 2.75) is 12.2 Å².